The molecule has 0 unspecified atom stereocenters. The van der Waals surface area contributed by atoms with E-state index in [1.807, 2.05) is 26.0 Å². The minimum atomic E-state index is -5.77. The van der Waals surface area contributed by atoms with E-state index in [1.165, 1.54) is 12.1 Å². The first kappa shape index (κ1) is 35.3. The number of halogens is 9. The number of Topliss-reactive ketones (excluding diaryl/α,β-unsaturated/α-hetero) is 2. The van der Waals surface area contributed by atoms with Crippen molar-refractivity contribution in [2.75, 3.05) is 29.9 Å². The van der Waals surface area contributed by atoms with Crippen molar-refractivity contribution in [2.24, 2.45) is 11.8 Å². The van der Waals surface area contributed by atoms with Gasteiger partial charge in [0.1, 0.15) is 0 Å². The third-order valence-corrected chi connectivity index (χ3v) is 6.49. The van der Waals surface area contributed by atoms with E-state index in [1.54, 1.807) is 12.4 Å². The zero-order chi connectivity index (χ0) is 32.6. The Morgan fingerprint density at radius 1 is 0.837 bits per heavy atom. The summed E-state index contributed by atoms with van der Waals surface area (Å²) in [5, 5.41) is 6.28. The van der Waals surface area contributed by atoms with Crippen LogP contribution in [0.1, 0.15) is 32.3 Å². The smallest absolute Gasteiger partial charge is 0.383 e. The molecule has 3 rings (SSSR count). The van der Waals surface area contributed by atoms with Crippen molar-refractivity contribution >= 4 is 28.8 Å². The number of benzene rings is 1. The van der Waals surface area contributed by atoms with Crippen LogP contribution in [0.4, 0.5) is 50.9 Å². The molecule has 0 radical (unpaired) electrons. The van der Waals surface area contributed by atoms with Gasteiger partial charge in [0, 0.05) is 55.4 Å². The second-order valence-corrected chi connectivity index (χ2v) is 9.94. The number of hydrogen-bond donors (Lipinski definition) is 2. The van der Waals surface area contributed by atoms with E-state index in [2.05, 4.69) is 20.5 Å². The Hall–Kier alpha value is -3.85. The molecule has 1 aromatic heterocycles. The Balaban J connectivity index is 0.000000455. The molecular weight excluding hydrogens is 599 g/mol. The Labute approximate surface area is 240 Å². The summed E-state index contributed by atoms with van der Waals surface area (Å²) in [5.41, 5.74) is 1.04. The van der Waals surface area contributed by atoms with Gasteiger partial charge in [-0.15, -0.1) is 0 Å². The van der Waals surface area contributed by atoms with Gasteiger partial charge >= 0.3 is 30.1 Å². The highest BCUT2D eigenvalue weighted by Gasteiger charge is 2.54. The average molecular weight is 629 g/mol. The first-order valence-electron chi connectivity index (χ1n) is 12.9. The maximum atomic E-state index is 12.8. The zero-order valence-electron chi connectivity index (χ0n) is 22.9. The van der Waals surface area contributed by atoms with Crippen LogP contribution in [0.15, 0.2) is 48.8 Å². The fourth-order valence-electron chi connectivity index (χ4n) is 3.97. The van der Waals surface area contributed by atoms with Crippen LogP contribution in [0.5, 0.6) is 0 Å². The lowest BCUT2D eigenvalue weighted by Gasteiger charge is -2.34. The number of carbonyl (C=O) groups is 3. The molecule has 0 spiro atoms. The molecule has 1 saturated heterocycles. The van der Waals surface area contributed by atoms with Crippen molar-refractivity contribution in [3.8, 4) is 0 Å². The van der Waals surface area contributed by atoms with Crippen molar-refractivity contribution in [3.63, 3.8) is 0 Å². The van der Waals surface area contributed by atoms with E-state index in [0.29, 0.717) is 12.2 Å². The lowest BCUT2D eigenvalue weighted by molar-refractivity contribution is -0.193. The summed E-state index contributed by atoms with van der Waals surface area (Å²) in [6, 6.07) is 8.77. The number of pyridine rings is 1. The predicted molar refractivity (Wildman–Crippen MR) is 138 cm³/mol. The monoisotopic (exact) mass is 628 g/mol. The normalized spacial score (nSPS) is 15.3. The Kier molecular flexibility index (Phi) is 12.0. The molecule has 7 nitrogen and oxygen atoms in total. The van der Waals surface area contributed by atoms with E-state index >= 15 is 0 Å². The molecule has 0 bridgehead atoms. The number of ketones is 2. The van der Waals surface area contributed by atoms with E-state index in [4.69, 9.17) is 0 Å². The van der Waals surface area contributed by atoms with Gasteiger partial charge in [-0.1, -0.05) is 13.8 Å². The van der Waals surface area contributed by atoms with Gasteiger partial charge in [-0.3, -0.25) is 19.4 Å². The van der Waals surface area contributed by atoms with Gasteiger partial charge in [-0.05, 0) is 55.2 Å². The van der Waals surface area contributed by atoms with E-state index < -0.39 is 35.7 Å². The molecular formula is C27H29F9N4O3. The summed E-state index contributed by atoms with van der Waals surface area (Å²) in [6.45, 7) is 6.12. The largest absolute Gasteiger partial charge is 0.458 e. The molecule has 238 valence electrons. The first-order valence-corrected chi connectivity index (χ1v) is 12.9. The second kappa shape index (κ2) is 14.6. The molecule has 1 aliphatic rings. The Morgan fingerprint density at radius 2 is 1.33 bits per heavy atom. The van der Waals surface area contributed by atoms with E-state index in [9.17, 15) is 53.9 Å². The standard InChI is InChI=1S/C23H29F3N4O.C4F6O2/c1-16(2)21(15-28-19-5-3-18(4-6-19)23(24,25)26)29-22(31)17-9-13-30(14-10-17)20-7-11-27-12-8-20;5-3(6,7)1(11)2(12)4(8,9)10/h3-8,11-12,16-17,21,28H,9-10,13-15H2,1-2H3,(H,29,31);/t21-;/m0./s1. The number of nitrogens with zero attached hydrogens (tertiary/aromatic N) is 2. The molecule has 0 saturated carbocycles. The zero-order valence-corrected chi connectivity index (χ0v) is 22.9. The third-order valence-electron chi connectivity index (χ3n) is 6.49. The van der Waals surface area contributed by atoms with E-state index in [0.717, 1.165) is 43.8 Å². The van der Waals surface area contributed by atoms with Crippen molar-refractivity contribution < 1.29 is 53.9 Å². The second-order valence-electron chi connectivity index (χ2n) is 9.94. The number of nitrogens with one attached hydrogen (secondary N) is 2. The summed E-state index contributed by atoms with van der Waals surface area (Å²) >= 11 is 0. The first-order chi connectivity index (χ1) is 19.8. The van der Waals surface area contributed by atoms with E-state index in [-0.39, 0.29) is 23.8 Å². The number of piperidine rings is 1. The molecule has 0 aliphatic carbocycles. The third kappa shape index (κ3) is 11.1. The SMILES string of the molecule is CC(C)[C@H](CNc1ccc(C(F)(F)F)cc1)NC(=O)C1CCN(c2ccncc2)CC1.O=C(C(=O)C(F)(F)F)C(F)(F)F. The number of alkyl halides is 9. The number of hydrogen-bond acceptors (Lipinski definition) is 6. The molecule has 1 aliphatic heterocycles. The summed E-state index contributed by atoms with van der Waals surface area (Å²) in [6.07, 6.45) is -10.8. The van der Waals surface area contributed by atoms with Gasteiger partial charge in [-0.2, -0.15) is 39.5 Å². The average Bonchev–Trinajstić information content (AvgIpc) is 2.93. The molecule has 2 N–H and O–H groups in total. The van der Waals surface area contributed by atoms with Gasteiger partial charge in [0.05, 0.1) is 5.56 Å². The molecule has 1 fully saturated rings. The van der Waals surface area contributed by atoms with Gasteiger partial charge in [0.15, 0.2) is 0 Å². The molecule has 1 amide bonds. The van der Waals surface area contributed by atoms with Gasteiger partial charge in [-0.25, -0.2) is 0 Å². The van der Waals surface area contributed by atoms with Crippen LogP contribution < -0.4 is 15.5 Å². The summed E-state index contributed by atoms with van der Waals surface area (Å²) in [5.74, 6) is -6.62. The number of anilines is 2. The lowest BCUT2D eigenvalue weighted by Crippen LogP contribution is -2.48. The summed E-state index contributed by atoms with van der Waals surface area (Å²) in [7, 11) is 0. The number of amides is 1. The predicted octanol–water partition coefficient (Wildman–Crippen LogP) is 5.82. The highest BCUT2D eigenvalue weighted by atomic mass is 19.4. The van der Waals surface area contributed by atoms with Crippen LogP contribution in [-0.4, -0.2) is 60.5 Å². The van der Waals surface area contributed by atoms with Crippen molar-refractivity contribution in [3.05, 3.63) is 54.4 Å². The quantitative estimate of drug-likeness (QED) is 0.283. The minimum absolute atomic E-state index is 0.0367. The summed E-state index contributed by atoms with van der Waals surface area (Å²) < 4.78 is 105. The van der Waals surface area contributed by atoms with Crippen LogP contribution in [0.3, 0.4) is 0 Å². The molecule has 1 aromatic carbocycles. The maximum absolute atomic E-state index is 12.8. The fraction of sp³-hybridized carbons (Fsp3) is 0.481. The highest BCUT2D eigenvalue weighted by molar-refractivity contribution is 6.41. The van der Waals surface area contributed by atoms with Gasteiger partial charge < -0.3 is 15.5 Å². The van der Waals surface area contributed by atoms with Crippen LogP contribution in [0.2, 0.25) is 0 Å². The van der Waals surface area contributed by atoms with Gasteiger partial charge in [0.2, 0.25) is 5.91 Å². The molecule has 1 atom stereocenters. The number of rotatable bonds is 8. The van der Waals surface area contributed by atoms with Crippen molar-refractivity contribution in [1.82, 2.24) is 10.3 Å². The Morgan fingerprint density at radius 3 is 1.74 bits per heavy atom. The number of aromatic nitrogens is 1. The Bertz CT molecular complexity index is 1180. The number of carbonyl (C=O) groups excluding carboxylic acids is 3. The summed E-state index contributed by atoms with van der Waals surface area (Å²) in [4.78, 5) is 38.4. The molecule has 43 heavy (non-hydrogen) atoms. The van der Waals surface area contributed by atoms with Crippen LogP contribution in [-0.2, 0) is 20.6 Å². The van der Waals surface area contributed by atoms with Crippen LogP contribution in [0.25, 0.3) is 0 Å². The minimum Gasteiger partial charge on any atom is -0.383 e. The van der Waals surface area contributed by atoms with Crippen LogP contribution >= 0.6 is 0 Å². The highest BCUT2D eigenvalue weighted by Crippen LogP contribution is 2.30. The molecule has 2 heterocycles. The fourth-order valence-corrected chi connectivity index (χ4v) is 3.97. The molecule has 16 heteroatoms. The maximum Gasteiger partial charge on any atom is 0.458 e. The van der Waals surface area contributed by atoms with Crippen LogP contribution in [0, 0.1) is 11.8 Å². The lowest BCUT2D eigenvalue weighted by atomic mass is 9.94. The van der Waals surface area contributed by atoms with Crippen molar-refractivity contribution in [1.29, 1.82) is 0 Å². The van der Waals surface area contributed by atoms with Gasteiger partial charge in [0.25, 0.3) is 0 Å². The van der Waals surface area contributed by atoms with Crippen molar-refractivity contribution in [2.45, 2.75) is 51.3 Å². The topological polar surface area (TPSA) is 91.4 Å². The molecule has 2 aromatic rings.